The summed E-state index contributed by atoms with van der Waals surface area (Å²) in [6.07, 6.45) is 1.44. The summed E-state index contributed by atoms with van der Waals surface area (Å²) in [5.74, 6) is -0.0347. The van der Waals surface area contributed by atoms with Crippen molar-refractivity contribution in [3.8, 4) is 0 Å². The molecule has 90 valence electrons. The van der Waals surface area contributed by atoms with Crippen LogP contribution in [0.3, 0.4) is 0 Å². The average molecular weight is 233 g/mol. The van der Waals surface area contributed by atoms with Crippen LogP contribution in [0, 0.1) is 0 Å². The number of nitrogens with one attached hydrogen (secondary N) is 1. The number of benzene rings is 1. The van der Waals surface area contributed by atoms with E-state index in [-0.39, 0.29) is 11.9 Å². The molecule has 1 heterocycles. The second-order valence-corrected chi connectivity index (χ2v) is 4.14. The fraction of sp³-hybridized carbons (Fsp3) is 0.333. The second-order valence-electron chi connectivity index (χ2n) is 4.14. The van der Waals surface area contributed by atoms with E-state index in [1.165, 1.54) is 0 Å². The van der Waals surface area contributed by atoms with Gasteiger partial charge in [-0.3, -0.25) is 9.59 Å². The molecule has 2 rings (SSSR count). The molecule has 0 bridgehead atoms. The molecule has 1 aromatic carbocycles. The van der Waals surface area contributed by atoms with Crippen molar-refractivity contribution in [3.63, 3.8) is 0 Å². The summed E-state index contributed by atoms with van der Waals surface area (Å²) in [6.45, 7) is 1.30. The molecule has 1 aliphatic heterocycles. The minimum absolute atomic E-state index is 0.0347. The maximum Gasteiger partial charge on any atom is 0.253 e. The van der Waals surface area contributed by atoms with Crippen molar-refractivity contribution in [2.45, 2.75) is 12.5 Å². The van der Waals surface area contributed by atoms with Crippen LogP contribution in [0.5, 0.6) is 0 Å². The molecule has 0 spiro atoms. The Hall–Kier alpha value is -1.88. The number of likely N-dealkylation sites (tertiary alicyclic amines) is 1. The third kappa shape index (κ3) is 2.62. The van der Waals surface area contributed by atoms with Crippen LogP contribution in [-0.4, -0.2) is 36.3 Å². The van der Waals surface area contributed by atoms with Gasteiger partial charge in [-0.25, -0.2) is 0 Å². The third-order valence-electron chi connectivity index (χ3n) is 2.85. The van der Waals surface area contributed by atoms with E-state index >= 15 is 0 Å². The maximum absolute atomic E-state index is 12.1. The van der Waals surface area contributed by atoms with Gasteiger partial charge in [0.15, 0.2) is 0 Å². The highest BCUT2D eigenvalue weighted by Crippen LogP contribution is 2.15. The molecule has 3 N–H and O–H groups in total. The molecule has 5 heteroatoms. The number of nitrogens with two attached hydrogens (primary N) is 1. The van der Waals surface area contributed by atoms with Crippen LogP contribution >= 0.6 is 0 Å². The lowest BCUT2D eigenvalue weighted by Gasteiger charge is -2.16. The van der Waals surface area contributed by atoms with Gasteiger partial charge in [-0.05, 0) is 24.6 Å². The van der Waals surface area contributed by atoms with Crippen molar-refractivity contribution in [1.82, 2.24) is 4.90 Å². The number of rotatable bonds is 3. The highest BCUT2D eigenvalue weighted by atomic mass is 16.2. The molecule has 0 saturated carbocycles. The molecule has 1 atom stereocenters. The summed E-state index contributed by atoms with van der Waals surface area (Å²) in [7, 11) is 0. The van der Waals surface area contributed by atoms with Crippen LogP contribution in [0.25, 0.3) is 0 Å². The topological polar surface area (TPSA) is 75.4 Å². The number of nitrogens with zero attached hydrogens (tertiary/aromatic N) is 1. The van der Waals surface area contributed by atoms with Crippen molar-refractivity contribution in [2.75, 3.05) is 18.4 Å². The Bertz CT molecular complexity index is 434. The summed E-state index contributed by atoms with van der Waals surface area (Å²) in [5, 5.41) is 2.53. The molecule has 0 aromatic heterocycles. The van der Waals surface area contributed by atoms with Crippen molar-refractivity contribution in [1.29, 1.82) is 0 Å². The number of carbonyl (C=O) groups is 2. The lowest BCUT2D eigenvalue weighted by atomic mass is 10.2. The minimum Gasteiger partial charge on any atom is -0.337 e. The first-order valence-electron chi connectivity index (χ1n) is 5.56. The van der Waals surface area contributed by atoms with E-state index in [2.05, 4.69) is 5.32 Å². The Balaban J connectivity index is 2.13. The van der Waals surface area contributed by atoms with Crippen LogP contribution in [0.1, 0.15) is 16.8 Å². The van der Waals surface area contributed by atoms with Crippen LogP contribution in [0.4, 0.5) is 5.69 Å². The number of hydrogen-bond donors (Lipinski definition) is 2. The highest BCUT2D eigenvalue weighted by Gasteiger charge is 2.24. The van der Waals surface area contributed by atoms with E-state index in [0.29, 0.717) is 30.8 Å². The molecule has 0 aliphatic carbocycles. The quantitative estimate of drug-likeness (QED) is 0.743. The molecule has 1 aromatic rings. The fourth-order valence-corrected chi connectivity index (χ4v) is 1.96. The molecule has 0 radical (unpaired) electrons. The lowest BCUT2D eigenvalue weighted by Crippen LogP contribution is -2.31. The van der Waals surface area contributed by atoms with Gasteiger partial charge in [0.25, 0.3) is 5.91 Å². The van der Waals surface area contributed by atoms with Crippen LogP contribution in [0.2, 0.25) is 0 Å². The minimum atomic E-state index is -0.0347. The van der Waals surface area contributed by atoms with Crippen molar-refractivity contribution < 1.29 is 9.59 Å². The molecular formula is C12H15N3O2. The predicted molar refractivity (Wildman–Crippen MR) is 64.6 cm³/mol. The van der Waals surface area contributed by atoms with Crippen molar-refractivity contribution in [3.05, 3.63) is 29.8 Å². The molecule has 1 fully saturated rings. The van der Waals surface area contributed by atoms with Crippen LogP contribution < -0.4 is 11.1 Å². The molecule has 1 saturated heterocycles. The van der Waals surface area contributed by atoms with Crippen LogP contribution in [-0.2, 0) is 4.79 Å². The van der Waals surface area contributed by atoms with E-state index in [4.69, 9.17) is 5.73 Å². The molecular weight excluding hydrogens is 218 g/mol. The summed E-state index contributed by atoms with van der Waals surface area (Å²) >= 11 is 0. The number of amides is 2. The van der Waals surface area contributed by atoms with E-state index in [1.807, 2.05) is 0 Å². The lowest BCUT2D eigenvalue weighted by molar-refractivity contribution is -0.105. The summed E-state index contributed by atoms with van der Waals surface area (Å²) in [5.41, 5.74) is 6.96. The molecule has 17 heavy (non-hydrogen) atoms. The van der Waals surface area contributed by atoms with Gasteiger partial charge in [-0.2, -0.15) is 0 Å². The SMILES string of the molecule is N[C@H]1CCN(C(=O)c2cccc(NC=O)c2)C1. The average Bonchev–Trinajstić information content (AvgIpc) is 2.76. The Morgan fingerprint density at radius 3 is 3.00 bits per heavy atom. The van der Waals surface area contributed by atoms with E-state index in [0.717, 1.165) is 6.42 Å². The summed E-state index contributed by atoms with van der Waals surface area (Å²) in [6, 6.07) is 6.97. The van der Waals surface area contributed by atoms with Gasteiger partial charge in [-0.1, -0.05) is 6.07 Å². The van der Waals surface area contributed by atoms with E-state index in [9.17, 15) is 9.59 Å². The zero-order chi connectivity index (χ0) is 12.3. The van der Waals surface area contributed by atoms with Gasteiger partial charge in [-0.15, -0.1) is 0 Å². The zero-order valence-corrected chi connectivity index (χ0v) is 9.43. The number of carbonyl (C=O) groups excluding carboxylic acids is 2. The Kier molecular flexibility index (Phi) is 3.39. The predicted octanol–water partition coefficient (Wildman–Crippen LogP) is 0.428. The summed E-state index contributed by atoms with van der Waals surface area (Å²) < 4.78 is 0. The Morgan fingerprint density at radius 1 is 1.53 bits per heavy atom. The van der Waals surface area contributed by atoms with Crippen molar-refractivity contribution >= 4 is 18.0 Å². The Labute approximate surface area is 99.6 Å². The number of hydrogen-bond acceptors (Lipinski definition) is 3. The molecule has 1 aliphatic rings. The van der Waals surface area contributed by atoms with Gasteiger partial charge in [0, 0.05) is 30.4 Å². The second kappa shape index (κ2) is 4.97. The highest BCUT2D eigenvalue weighted by molar-refractivity contribution is 5.95. The first kappa shape index (κ1) is 11.6. The Morgan fingerprint density at radius 2 is 2.35 bits per heavy atom. The van der Waals surface area contributed by atoms with Gasteiger partial charge >= 0.3 is 0 Å². The zero-order valence-electron chi connectivity index (χ0n) is 9.43. The first-order chi connectivity index (χ1) is 8.20. The standard InChI is InChI=1S/C12H15N3O2/c13-10-4-5-15(7-10)12(17)9-2-1-3-11(6-9)14-8-16/h1-3,6,8,10H,4-5,7,13H2,(H,14,16)/t10-/m0/s1. The van der Waals surface area contributed by atoms with E-state index in [1.54, 1.807) is 29.2 Å². The largest absolute Gasteiger partial charge is 0.337 e. The first-order valence-corrected chi connectivity index (χ1v) is 5.56. The van der Waals surface area contributed by atoms with E-state index < -0.39 is 0 Å². The smallest absolute Gasteiger partial charge is 0.253 e. The van der Waals surface area contributed by atoms with Gasteiger partial charge in [0.1, 0.15) is 0 Å². The van der Waals surface area contributed by atoms with Gasteiger partial charge in [0.2, 0.25) is 6.41 Å². The normalized spacial score (nSPS) is 19.1. The molecule has 5 nitrogen and oxygen atoms in total. The van der Waals surface area contributed by atoms with Crippen LogP contribution in [0.15, 0.2) is 24.3 Å². The fourth-order valence-electron chi connectivity index (χ4n) is 1.96. The third-order valence-corrected chi connectivity index (χ3v) is 2.85. The number of anilines is 1. The molecule has 2 amide bonds. The maximum atomic E-state index is 12.1. The van der Waals surface area contributed by atoms with Gasteiger partial charge in [0.05, 0.1) is 0 Å². The molecule has 0 unspecified atom stereocenters. The monoisotopic (exact) mass is 233 g/mol. The van der Waals surface area contributed by atoms with Gasteiger partial charge < -0.3 is 16.0 Å². The van der Waals surface area contributed by atoms with Crippen molar-refractivity contribution in [2.24, 2.45) is 5.73 Å². The summed E-state index contributed by atoms with van der Waals surface area (Å²) in [4.78, 5) is 24.2.